The Bertz CT molecular complexity index is 1280. The van der Waals surface area contributed by atoms with Crippen LogP contribution >= 0.6 is 0 Å². The molecule has 0 saturated carbocycles. The number of imidazole rings is 1. The van der Waals surface area contributed by atoms with E-state index >= 15 is 0 Å². The average Bonchev–Trinajstić information content (AvgIpc) is 3.51. The zero-order valence-corrected chi connectivity index (χ0v) is 21.5. The predicted molar refractivity (Wildman–Crippen MR) is 138 cm³/mol. The minimum absolute atomic E-state index is 0.111. The molecule has 188 valence electrons. The number of carbonyl (C=O) groups excluding carboxylic acids is 1. The van der Waals surface area contributed by atoms with Gasteiger partial charge >= 0.3 is 0 Å². The standard InChI is InChI=1S/C25H34N6O3S/c1-4-30(5-2)35(33,34)20-10-11-22-21(17-20)28-24(31(22)6-3)13-14-25(32)27-19-9-12-23(26-18-19)29-15-7-8-16-29/h9-12,17-18H,4-8,13-16H2,1-3H3,(H,27,32). The zero-order valence-electron chi connectivity index (χ0n) is 20.7. The summed E-state index contributed by atoms with van der Waals surface area (Å²) in [6.07, 6.45) is 4.80. The fourth-order valence-electron chi connectivity index (χ4n) is 4.62. The first-order valence-corrected chi connectivity index (χ1v) is 13.8. The number of hydrogen-bond donors (Lipinski definition) is 1. The maximum Gasteiger partial charge on any atom is 0.243 e. The van der Waals surface area contributed by atoms with Crippen LogP contribution in [0.15, 0.2) is 41.4 Å². The van der Waals surface area contributed by atoms with Gasteiger partial charge in [0.1, 0.15) is 11.6 Å². The lowest BCUT2D eigenvalue weighted by atomic mass is 10.2. The number of sulfonamides is 1. The third-order valence-electron chi connectivity index (χ3n) is 6.50. The highest BCUT2D eigenvalue weighted by Crippen LogP contribution is 2.24. The molecule has 4 rings (SSSR count). The van der Waals surface area contributed by atoms with E-state index in [0.29, 0.717) is 37.3 Å². The molecular weight excluding hydrogens is 464 g/mol. The molecule has 0 aliphatic carbocycles. The molecule has 1 aliphatic rings. The number of anilines is 2. The second-order valence-corrected chi connectivity index (χ2v) is 10.6. The maximum absolute atomic E-state index is 12.9. The topological polar surface area (TPSA) is 100 Å². The lowest BCUT2D eigenvalue weighted by molar-refractivity contribution is -0.116. The van der Waals surface area contributed by atoms with Gasteiger partial charge in [-0.25, -0.2) is 18.4 Å². The monoisotopic (exact) mass is 498 g/mol. The summed E-state index contributed by atoms with van der Waals surface area (Å²) in [4.78, 5) is 24.3. The van der Waals surface area contributed by atoms with E-state index in [-0.39, 0.29) is 17.2 Å². The van der Waals surface area contributed by atoms with Crippen LogP contribution in [0, 0.1) is 0 Å². The third kappa shape index (κ3) is 5.33. The minimum Gasteiger partial charge on any atom is -0.357 e. The second kappa shape index (κ2) is 10.7. The van der Waals surface area contributed by atoms with Crippen molar-refractivity contribution >= 4 is 38.5 Å². The molecule has 35 heavy (non-hydrogen) atoms. The van der Waals surface area contributed by atoms with Crippen LogP contribution in [0.2, 0.25) is 0 Å². The summed E-state index contributed by atoms with van der Waals surface area (Å²) in [5, 5.41) is 2.91. The number of hydrogen-bond acceptors (Lipinski definition) is 6. The summed E-state index contributed by atoms with van der Waals surface area (Å²) in [5.41, 5.74) is 2.16. The first kappa shape index (κ1) is 25.1. The van der Waals surface area contributed by atoms with Crippen LogP contribution in [0.1, 0.15) is 45.9 Å². The number of aryl methyl sites for hydroxylation is 2. The molecule has 1 aromatic carbocycles. The molecule has 10 heteroatoms. The highest BCUT2D eigenvalue weighted by atomic mass is 32.2. The third-order valence-corrected chi connectivity index (χ3v) is 8.54. The maximum atomic E-state index is 12.9. The van der Waals surface area contributed by atoms with Crippen molar-refractivity contribution in [2.75, 3.05) is 36.4 Å². The van der Waals surface area contributed by atoms with Gasteiger partial charge in [0, 0.05) is 45.6 Å². The van der Waals surface area contributed by atoms with E-state index in [4.69, 9.17) is 0 Å². The SMILES string of the molecule is CCN(CC)S(=O)(=O)c1ccc2c(c1)nc(CCC(=O)Nc1ccc(N3CCCC3)nc1)n2CC. The summed E-state index contributed by atoms with van der Waals surface area (Å²) in [7, 11) is -3.56. The van der Waals surface area contributed by atoms with E-state index in [1.54, 1.807) is 24.4 Å². The van der Waals surface area contributed by atoms with Crippen LogP contribution in [0.4, 0.5) is 11.5 Å². The van der Waals surface area contributed by atoms with Crippen LogP contribution in [-0.2, 0) is 27.8 Å². The normalized spacial score (nSPS) is 14.2. The van der Waals surface area contributed by atoms with Crippen LogP contribution in [0.3, 0.4) is 0 Å². The van der Waals surface area contributed by atoms with Crippen molar-refractivity contribution in [2.24, 2.45) is 0 Å². The van der Waals surface area contributed by atoms with Gasteiger partial charge in [-0.3, -0.25) is 4.79 Å². The molecule has 0 atom stereocenters. The van der Waals surface area contributed by atoms with Gasteiger partial charge in [-0.15, -0.1) is 0 Å². The number of nitrogens with one attached hydrogen (secondary N) is 1. The van der Waals surface area contributed by atoms with Gasteiger partial charge in [-0.2, -0.15) is 4.31 Å². The molecule has 1 amide bonds. The van der Waals surface area contributed by atoms with Crippen molar-refractivity contribution in [1.82, 2.24) is 18.8 Å². The fraction of sp³-hybridized carbons (Fsp3) is 0.480. The van der Waals surface area contributed by atoms with Gasteiger partial charge in [0.25, 0.3) is 0 Å². The van der Waals surface area contributed by atoms with Crippen LogP contribution in [0.5, 0.6) is 0 Å². The van der Waals surface area contributed by atoms with Crippen molar-refractivity contribution in [3.05, 3.63) is 42.4 Å². The lowest BCUT2D eigenvalue weighted by Crippen LogP contribution is -2.30. The molecule has 0 unspecified atom stereocenters. The molecule has 1 fully saturated rings. The molecule has 3 heterocycles. The Kier molecular flexibility index (Phi) is 7.71. The zero-order chi connectivity index (χ0) is 25.0. The average molecular weight is 499 g/mol. The van der Waals surface area contributed by atoms with Crippen molar-refractivity contribution in [2.45, 2.75) is 57.9 Å². The van der Waals surface area contributed by atoms with Crippen molar-refractivity contribution in [3.8, 4) is 0 Å². The van der Waals surface area contributed by atoms with Gasteiger partial charge in [-0.05, 0) is 50.1 Å². The van der Waals surface area contributed by atoms with E-state index in [2.05, 4.69) is 20.2 Å². The number of amides is 1. The summed E-state index contributed by atoms with van der Waals surface area (Å²) in [6, 6.07) is 8.91. The van der Waals surface area contributed by atoms with E-state index in [1.807, 2.05) is 37.5 Å². The summed E-state index contributed by atoms with van der Waals surface area (Å²) in [5.74, 6) is 1.59. The Morgan fingerprint density at radius 2 is 1.83 bits per heavy atom. The van der Waals surface area contributed by atoms with Crippen LogP contribution in [-0.4, -0.2) is 59.3 Å². The smallest absolute Gasteiger partial charge is 0.243 e. The van der Waals surface area contributed by atoms with Crippen molar-refractivity contribution in [3.63, 3.8) is 0 Å². The van der Waals surface area contributed by atoms with E-state index in [1.165, 1.54) is 17.1 Å². The number of fused-ring (bicyclic) bond motifs is 1. The Hall–Kier alpha value is -2.98. The fourth-order valence-corrected chi connectivity index (χ4v) is 6.10. The molecule has 1 aliphatic heterocycles. The molecule has 1 N–H and O–H groups in total. The summed E-state index contributed by atoms with van der Waals surface area (Å²) in [6.45, 7) is 9.23. The number of benzene rings is 1. The number of rotatable bonds is 10. The van der Waals surface area contributed by atoms with Crippen LogP contribution in [0.25, 0.3) is 11.0 Å². The van der Waals surface area contributed by atoms with Gasteiger partial charge in [0.2, 0.25) is 15.9 Å². The summed E-state index contributed by atoms with van der Waals surface area (Å²) >= 11 is 0. The minimum atomic E-state index is -3.56. The number of aromatic nitrogens is 3. The number of nitrogens with zero attached hydrogens (tertiary/aromatic N) is 5. The summed E-state index contributed by atoms with van der Waals surface area (Å²) < 4.78 is 29.3. The Balaban J connectivity index is 1.45. The number of carbonyl (C=O) groups is 1. The second-order valence-electron chi connectivity index (χ2n) is 8.66. The van der Waals surface area contributed by atoms with Gasteiger partial charge in [0.15, 0.2) is 0 Å². The molecule has 3 aromatic rings. The molecule has 1 saturated heterocycles. The lowest BCUT2D eigenvalue weighted by Gasteiger charge is -2.18. The molecule has 2 aromatic heterocycles. The Morgan fingerprint density at radius 1 is 1.09 bits per heavy atom. The molecule has 0 radical (unpaired) electrons. The Labute approximate surface area is 207 Å². The highest BCUT2D eigenvalue weighted by molar-refractivity contribution is 7.89. The van der Waals surface area contributed by atoms with E-state index < -0.39 is 10.0 Å². The largest absolute Gasteiger partial charge is 0.357 e. The van der Waals surface area contributed by atoms with E-state index in [0.717, 1.165) is 30.2 Å². The van der Waals surface area contributed by atoms with Crippen LogP contribution < -0.4 is 10.2 Å². The van der Waals surface area contributed by atoms with Gasteiger partial charge in [-0.1, -0.05) is 13.8 Å². The van der Waals surface area contributed by atoms with E-state index in [9.17, 15) is 13.2 Å². The Morgan fingerprint density at radius 3 is 2.46 bits per heavy atom. The molecule has 0 spiro atoms. The first-order chi connectivity index (χ1) is 16.9. The van der Waals surface area contributed by atoms with Crippen molar-refractivity contribution < 1.29 is 13.2 Å². The van der Waals surface area contributed by atoms with Gasteiger partial charge < -0.3 is 14.8 Å². The number of pyridine rings is 1. The predicted octanol–water partition coefficient (Wildman–Crippen LogP) is 3.65. The van der Waals surface area contributed by atoms with Gasteiger partial charge in [0.05, 0.1) is 27.8 Å². The highest BCUT2D eigenvalue weighted by Gasteiger charge is 2.23. The quantitative estimate of drug-likeness (QED) is 0.458. The van der Waals surface area contributed by atoms with Crippen molar-refractivity contribution in [1.29, 1.82) is 0 Å². The molecule has 9 nitrogen and oxygen atoms in total. The first-order valence-electron chi connectivity index (χ1n) is 12.4. The molecule has 0 bridgehead atoms. The molecular formula is C25H34N6O3S.